The lowest BCUT2D eigenvalue weighted by Crippen LogP contribution is -2.62. The molecule has 0 aliphatic carbocycles. The van der Waals surface area contributed by atoms with Gasteiger partial charge in [0.25, 0.3) is 0 Å². The number of ether oxygens (including phenoxy) is 3. The second-order valence-electron chi connectivity index (χ2n) is 4.62. The van der Waals surface area contributed by atoms with E-state index in [2.05, 4.69) is 10.0 Å². The molecule has 0 radical (unpaired) electrons. The molecule has 2 aliphatic heterocycles. The Kier molecular flexibility index (Phi) is 3.03. The van der Waals surface area contributed by atoms with Crippen molar-refractivity contribution in [2.75, 3.05) is 13.2 Å². The average Bonchev–Trinajstić information content (AvgIpc) is 2.58. The van der Waals surface area contributed by atoms with Gasteiger partial charge in [0.1, 0.15) is 12.7 Å². The Morgan fingerprint density at radius 3 is 2.59 bits per heavy atom. The van der Waals surface area contributed by atoms with Crippen molar-refractivity contribution in [1.29, 1.82) is 0 Å². The monoisotopic (exact) mass is 245 g/mol. The molecule has 8 heteroatoms. The zero-order valence-corrected chi connectivity index (χ0v) is 9.61. The molecule has 1 spiro atoms. The molecule has 0 aromatic heterocycles. The number of nitrogens with zero attached hydrogens (tertiary/aromatic N) is 3. The first kappa shape index (κ1) is 12.6. The highest BCUT2D eigenvalue weighted by Crippen LogP contribution is 2.38. The molecule has 0 aromatic carbocycles. The predicted octanol–water partition coefficient (Wildman–Crippen LogP) is -0.104. The van der Waals surface area contributed by atoms with Crippen LogP contribution in [0.3, 0.4) is 0 Å². The largest absolute Gasteiger partial charge is 0.390 e. The van der Waals surface area contributed by atoms with Crippen LogP contribution in [0.15, 0.2) is 5.11 Å². The van der Waals surface area contributed by atoms with Crippen LogP contribution in [0.25, 0.3) is 10.4 Å². The quantitative estimate of drug-likeness (QED) is 0.380. The minimum absolute atomic E-state index is 0.0151. The van der Waals surface area contributed by atoms with Gasteiger partial charge in [-0.15, -0.1) is 0 Å². The summed E-state index contributed by atoms with van der Waals surface area (Å²) in [4.78, 5) is 2.59. The molecule has 4 atom stereocenters. The Labute approximate surface area is 97.7 Å². The van der Waals surface area contributed by atoms with Gasteiger partial charge in [-0.05, 0) is 19.4 Å². The molecule has 2 aliphatic rings. The summed E-state index contributed by atoms with van der Waals surface area (Å²) < 4.78 is 16.2. The first-order valence-electron chi connectivity index (χ1n) is 5.29. The fourth-order valence-electron chi connectivity index (χ4n) is 2.02. The van der Waals surface area contributed by atoms with Crippen molar-refractivity contribution in [2.24, 2.45) is 5.11 Å². The molecule has 0 saturated carbocycles. The van der Waals surface area contributed by atoms with Gasteiger partial charge in [0.15, 0.2) is 5.79 Å². The molecule has 2 N–H and O–H groups in total. The summed E-state index contributed by atoms with van der Waals surface area (Å²) in [6.45, 7) is 3.36. The summed E-state index contributed by atoms with van der Waals surface area (Å²) in [5, 5.41) is 23.2. The van der Waals surface area contributed by atoms with Crippen molar-refractivity contribution < 1.29 is 24.4 Å². The second-order valence-corrected chi connectivity index (χ2v) is 4.62. The number of hydrogen-bond donors (Lipinski definition) is 2. The number of azide groups is 1. The zero-order chi connectivity index (χ0) is 12.7. The lowest BCUT2D eigenvalue weighted by molar-refractivity contribution is -0.324. The third-order valence-electron chi connectivity index (χ3n) is 2.91. The lowest BCUT2D eigenvalue weighted by atomic mass is 9.96. The summed E-state index contributed by atoms with van der Waals surface area (Å²) in [7, 11) is 0. The van der Waals surface area contributed by atoms with E-state index in [0.29, 0.717) is 0 Å². The molecule has 2 saturated heterocycles. The first-order valence-corrected chi connectivity index (χ1v) is 5.29. The van der Waals surface area contributed by atoms with Gasteiger partial charge in [0.2, 0.25) is 5.79 Å². The van der Waals surface area contributed by atoms with E-state index < -0.39 is 29.8 Å². The fraction of sp³-hybridized carbons (Fsp3) is 1.00. The zero-order valence-electron chi connectivity index (χ0n) is 9.61. The van der Waals surface area contributed by atoms with Crippen LogP contribution in [-0.4, -0.2) is 53.3 Å². The highest BCUT2D eigenvalue weighted by Gasteiger charge is 2.57. The van der Waals surface area contributed by atoms with E-state index >= 15 is 0 Å². The SMILES string of the molecule is CC1(C)OC[C@]2(OC[C@@H](N=[N+]=[N-])[C@@H](O)[C@H]2O)O1. The molecule has 96 valence electrons. The van der Waals surface area contributed by atoms with Gasteiger partial charge in [0.05, 0.1) is 18.8 Å². The third kappa shape index (κ3) is 2.11. The molecule has 0 aromatic rings. The summed E-state index contributed by atoms with van der Waals surface area (Å²) in [6.07, 6.45) is -2.56. The van der Waals surface area contributed by atoms with E-state index in [9.17, 15) is 10.2 Å². The van der Waals surface area contributed by atoms with E-state index in [4.69, 9.17) is 19.7 Å². The van der Waals surface area contributed by atoms with E-state index in [-0.39, 0.29) is 13.2 Å². The van der Waals surface area contributed by atoms with Crippen LogP contribution in [0.5, 0.6) is 0 Å². The smallest absolute Gasteiger partial charge is 0.224 e. The minimum atomic E-state index is -1.38. The van der Waals surface area contributed by atoms with Gasteiger partial charge in [-0.2, -0.15) is 0 Å². The van der Waals surface area contributed by atoms with Crippen molar-refractivity contribution in [3.63, 3.8) is 0 Å². The molecule has 2 heterocycles. The van der Waals surface area contributed by atoms with Crippen molar-refractivity contribution >= 4 is 0 Å². The topological polar surface area (TPSA) is 117 Å². The van der Waals surface area contributed by atoms with E-state index in [1.54, 1.807) is 13.8 Å². The number of aliphatic hydroxyl groups is 2. The summed E-state index contributed by atoms with van der Waals surface area (Å²) in [5.74, 6) is -2.27. The molecule has 0 unspecified atom stereocenters. The highest BCUT2D eigenvalue weighted by atomic mass is 16.8. The Morgan fingerprint density at radius 2 is 2.06 bits per heavy atom. The fourth-order valence-corrected chi connectivity index (χ4v) is 2.02. The van der Waals surface area contributed by atoms with Crippen LogP contribution in [0.1, 0.15) is 13.8 Å². The Balaban J connectivity index is 2.16. The van der Waals surface area contributed by atoms with Crippen LogP contribution in [0.4, 0.5) is 0 Å². The van der Waals surface area contributed by atoms with Crippen molar-refractivity contribution in [3.8, 4) is 0 Å². The van der Waals surface area contributed by atoms with Gasteiger partial charge >= 0.3 is 0 Å². The molecule has 17 heavy (non-hydrogen) atoms. The van der Waals surface area contributed by atoms with Crippen molar-refractivity contribution in [1.82, 2.24) is 0 Å². The molecule has 2 rings (SSSR count). The number of aliphatic hydroxyl groups excluding tert-OH is 2. The summed E-state index contributed by atoms with van der Waals surface area (Å²) in [6, 6.07) is -0.826. The normalized spacial score (nSPS) is 44.6. The van der Waals surface area contributed by atoms with Crippen molar-refractivity contribution in [2.45, 2.75) is 43.7 Å². The van der Waals surface area contributed by atoms with Crippen LogP contribution in [0.2, 0.25) is 0 Å². The standard InChI is InChI=1S/C9H15N3O5/c1-8(2)16-4-9(17-8)7(14)6(13)5(3-15-9)11-12-10/h5-7,13-14H,3-4H2,1-2H3/t5-,6-,7-,9+/m1/s1. The molecule has 0 bridgehead atoms. The van der Waals surface area contributed by atoms with Gasteiger partial charge in [-0.25, -0.2) is 0 Å². The van der Waals surface area contributed by atoms with E-state index in [1.807, 2.05) is 0 Å². The Morgan fingerprint density at radius 1 is 1.35 bits per heavy atom. The number of rotatable bonds is 1. The van der Waals surface area contributed by atoms with E-state index in [0.717, 1.165) is 0 Å². The first-order chi connectivity index (χ1) is 7.90. The van der Waals surface area contributed by atoms with Gasteiger partial charge in [-0.3, -0.25) is 0 Å². The average molecular weight is 245 g/mol. The summed E-state index contributed by atoms with van der Waals surface area (Å²) in [5.41, 5.74) is 8.32. The molecule has 8 nitrogen and oxygen atoms in total. The maximum atomic E-state index is 9.99. The Bertz CT molecular complexity index is 357. The second kappa shape index (κ2) is 4.09. The van der Waals surface area contributed by atoms with Crippen LogP contribution < -0.4 is 0 Å². The minimum Gasteiger partial charge on any atom is -0.390 e. The van der Waals surface area contributed by atoms with E-state index in [1.165, 1.54) is 0 Å². The van der Waals surface area contributed by atoms with Gasteiger partial charge in [0, 0.05) is 4.91 Å². The highest BCUT2D eigenvalue weighted by molar-refractivity contribution is 4.98. The van der Waals surface area contributed by atoms with Crippen LogP contribution in [0, 0.1) is 0 Å². The van der Waals surface area contributed by atoms with Crippen LogP contribution >= 0.6 is 0 Å². The number of hydrogen-bond acceptors (Lipinski definition) is 6. The third-order valence-corrected chi connectivity index (χ3v) is 2.91. The molecular formula is C9H15N3O5. The maximum Gasteiger partial charge on any atom is 0.224 e. The molecule has 0 amide bonds. The predicted molar refractivity (Wildman–Crippen MR) is 54.7 cm³/mol. The van der Waals surface area contributed by atoms with Gasteiger partial charge < -0.3 is 24.4 Å². The van der Waals surface area contributed by atoms with Crippen molar-refractivity contribution in [3.05, 3.63) is 10.4 Å². The van der Waals surface area contributed by atoms with Gasteiger partial charge in [-0.1, -0.05) is 5.11 Å². The summed E-state index contributed by atoms with van der Waals surface area (Å²) >= 11 is 0. The molecule has 2 fully saturated rings. The maximum absolute atomic E-state index is 9.99. The Hall–Kier alpha value is -0.890. The lowest BCUT2D eigenvalue weighted by Gasteiger charge is -2.42. The van der Waals surface area contributed by atoms with Crippen LogP contribution in [-0.2, 0) is 14.2 Å². The molecular weight excluding hydrogens is 230 g/mol.